The molecule has 6 rings (SSSR count). The molecule has 0 spiro atoms. The molecule has 2 aromatic heterocycles. The molecule has 1 unspecified atom stereocenters. The van der Waals surface area contributed by atoms with E-state index in [0.717, 1.165) is 62.2 Å². The number of imidazole rings is 1. The second kappa shape index (κ2) is 10.1. The minimum absolute atomic E-state index is 0.330. The van der Waals surface area contributed by atoms with Crippen LogP contribution in [0.2, 0.25) is 0 Å². The molecule has 0 radical (unpaired) electrons. The van der Waals surface area contributed by atoms with Gasteiger partial charge in [-0.25, -0.2) is 9.99 Å². The lowest BCUT2D eigenvalue weighted by Gasteiger charge is -2.27. The van der Waals surface area contributed by atoms with E-state index < -0.39 is 0 Å². The van der Waals surface area contributed by atoms with Crippen LogP contribution >= 0.6 is 0 Å². The van der Waals surface area contributed by atoms with Gasteiger partial charge in [-0.2, -0.15) is 9.97 Å². The van der Waals surface area contributed by atoms with Crippen molar-refractivity contribution in [2.45, 2.75) is 82.3 Å². The minimum Gasteiger partial charge on any atom is -0.351 e. The molecule has 8 heteroatoms. The molecule has 1 aromatic carbocycles. The summed E-state index contributed by atoms with van der Waals surface area (Å²) in [5.74, 6) is 2.17. The van der Waals surface area contributed by atoms with Crippen molar-refractivity contribution in [2.75, 3.05) is 23.8 Å². The van der Waals surface area contributed by atoms with Gasteiger partial charge in [-0.1, -0.05) is 43.2 Å². The molecule has 1 saturated heterocycles. The van der Waals surface area contributed by atoms with E-state index in [1.54, 1.807) is 0 Å². The van der Waals surface area contributed by atoms with Crippen LogP contribution in [0.25, 0.3) is 11.2 Å². The first kappa shape index (κ1) is 22.7. The van der Waals surface area contributed by atoms with E-state index in [1.165, 1.54) is 37.7 Å². The molecule has 1 atom stereocenters. The standard InChI is InChI=1S/C27H38N8/c28-21-10-12-22(13-11-21)30-27-31-25(24-26(32-27)35(18-29-24)23-8-4-5-9-23)33-34-15-14-20(17-34)16-19-6-2-1-3-7-19/h1-3,6-7,18,20-23H,4-5,8-17,28H2,(H2,30,31,32,33). The van der Waals surface area contributed by atoms with Gasteiger partial charge in [0.05, 0.1) is 6.33 Å². The molecule has 8 nitrogen and oxygen atoms in total. The molecule has 1 aliphatic heterocycles. The number of hydrogen-bond acceptors (Lipinski definition) is 7. The van der Waals surface area contributed by atoms with Gasteiger partial charge in [-0.05, 0) is 62.8 Å². The highest BCUT2D eigenvalue weighted by molar-refractivity contribution is 5.84. The van der Waals surface area contributed by atoms with E-state index in [2.05, 4.69) is 50.7 Å². The van der Waals surface area contributed by atoms with Gasteiger partial charge in [-0.3, -0.25) is 0 Å². The fraction of sp³-hybridized carbons (Fsp3) is 0.593. The Hall–Kier alpha value is -2.71. The van der Waals surface area contributed by atoms with Gasteiger partial charge in [0.1, 0.15) is 0 Å². The first-order chi connectivity index (χ1) is 17.2. The van der Waals surface area contributed by atoms with E-state index in [9.17, 15) is 0 Å². The minimum atomic E-state index is 0.330. The number of nitrogens with two attached hydrogens (primary N) is 1. The number of fused-ring (bicyclic) bond motifs is 1. The predicted octanol–water partition coefficient (Wildman–Crippen LogP) is 4.51. The molecule has 3 fully saturated rings. The Labute approximate surface area is 207 Å². The maximum atomic E-state index is 6.13. The van der Waals surface area contributed by atoms with Crippen LogP contribution in [0, 0.1) is 5.92 Å². The Morgan fingerprint density at radius 1 is 0.943 bits per heavy atom. The monoisotopic (exact) mass is 474 g/mol. The average molecular weight is 475 g/mol. The molecule has 186 valence electrons. The van der Waals surface area contributed by atoms with Crippen molar-refractivity contribution in [1.82, 2.24) is 24.5 Å². The number of aromatic nitrogens is 4. The summed E-state index contributed by atoms with van der Waals surface area (Å²) < 4.78 is 2.29. The van der Waals surface area contributed by atoms with Gasteiger partial charge in [0.15, 0.2) is 17.0 Å². The largest absolute Gasteiger partial charge is 0.351 e. The molecular formula is C27H38N8. The molecule has 3 heterocycles. The number of anilines is 2. The summed E-state index contributed by atoms with van der Waals surface area (Å²) in [6.45, 7) is 2.02. The fourth-order valence-corrected chi connectivity index (χ4v) is 6.15. The van der Waals surface area contributed by atoms with Gasteiger partial charge in [0.25, 0.3) is 0 Å². The maximum absolute atomic E-state index is 6.13. The SMILES string of the molecule is NC1CCC(Nc2nc(NN3CCC(Cc4ccccc4)C3)c3ncn(C4CCCC4)c3n2)CC1. The lowest BCUT2D eigenvalue weighted by molar-refractivity contribution is 0.386. The number of hydrazine groups is 1. The molecule has 35 heavy (non-hydrogen) atoms. The molecule has 0 bridgehead atoms. The Bertz CT molecular complexity index is 1110. The van der Waals surface area contributed by atoms with E-state index in [0.29, 0.717) is 30.0 Å². The van der Waals surface area contributed by atoms with Crippen LogP contribution in [0.3, 0.4) is 0 Å². The van der Waals surface area contributed by atoms with Crippen molar-refractivity contribution in [1.29, 1.82) is 0 Å². The van der Waals surface area contributed by atoms with Crippen LogP contribution in [-0.2, 0) is 6.42 Å². The van der Waals surface area contributed by atoms with Crippen molar-refractivity contribution >= 4 is 22.9 Å². The second-order valence-corrected chi connectivity index (χ2v) is 10.8. The summed E-state index contributed by atoms with van der Waals surface area (Å²) in [7, 11) is 0. The van der Waals surface area contributed by atoms with Crippen LogP contribution < -0.4 is 16.5 Å². The zero-order chi connectivity index (χ0) is 23.6. The van der Waals surface area contributed by atoms with Crippen LogP contribution in [0.4, 0.5) is 11.8 Å². The van der Waals surface area contributed by atoms with Crippen molar-refractivity contribution in [2.24, 2.45) is 11.7 Å². The third-order valence-corrected chi connectivity index (χ3v) is 8.16. The first-order valence-corrected chi connectivity index (χ1v) is 13.5. The van der Waals surface area contributed by atoms with Crippen molar-refractivity contribution in [3.63, 3.8) is 0 Å². The van der Waals surface area contributed by atoms with Gasteiger partial charge < -0.3 is 21.0 Å². The highest BCUT2D eigenvalue weighted by Crippen LogP contribution is 2.34. The Balaban J connectivity index is 1.23. The van der Waals surface area contributed by atoms with E-state index in [1.807, 2.05) is 6.33 Å². The number of benzene rings is 1. The third-order valence-electron chi connectivity index (χ3n) is 8.16. The molecular weight excluding hydrogens is 436 g/mol. The zero-order valence-corrected chi connectivity index (χ0v) is 20.6. The molecule has 3 aromatic rings. The number of hydrogen-bond donors (Lipinski definition) is 3. The van der Waals surface area contributed by atoms with Gasteiger partial charge in [0.2, 0.25) is 5.95 Å². The summed E-state index contributed by atoms with van der Waals surface area (Å²) in [5.41, 5.74) is 13.0. The molecule has 2 aliphatic carbocycles. The topological polar surface area (TPSA) is 96.9 Å². The quantitative estimate of drug-likeness (QED) is 0.463. The fourth-order valence-electron chi connectivity index (χ4n) is 6.15. The average Bonchev–Trinajstić information content (AvgIpc) is 3.63. The van der Waals surface area contributed by atoms with Crippen LogP contribution in [0.1, 0.15) is 69.4 Å². The van der Waals surface area contributed by atoms with Crippen molar-refractivity contribution in [3.8, 4) is 0 Å². The van der Waals surface area contributed by atoms with E-state index in [-0.39, 0.29) is 0 Å². The summed E-state index contributed by atoms with van der Waals surface area (Å²) in [4.78, 5) is 14.7. The Morgan fingerprint density at radius 2 is 1.74 bits per heavy atom. The third kappa shape index (κ3) is 5.14. The lowest BCUT2D eigenvalue weighted by Crippen LogP contribution is -2.33. The number of nitrogens with zero attached hydrogens (tertiary/aromatic N) is 5. The highest BCUT2D eigenvalue weighted by atomic mass is 15.5. The predicted molar refractivity (Wildman–Crippen MR) is 140 cm³/mol. The zero-order valence-electron chi connectivity index (χ0n) is 20.6. The van der Waals surface area contributed by atoms with Gasteiger partial charge in [0, 0.05) is 31.2 Å². The van der Waals surface area contributed by atoms with E-state index >= 15 is 0 Å². The van der Waals surface area contributed by atoms with E-state index in [4.69, 9.17) is 20.7 Å². The molecule has 2 saturated carbocycles. The smallest absolute Gasteiger partial charge is 0.227 e. The normalized spacial score (nSPS) is 25.9. The van der Waals surface area contributed by atoms with Gasteiger partial charge >= 0.3 is 0 Å². The Kier molecular flexibility index (Phi) is 6.57. The first-order valence-electron chi connectivity index (χ1n) is 13.5. The van der Waals surface area contributed by atoms with Crippen LogP contribution in [0.15, 0.2) is 36.7 Å². The molecule has 0 amide bonds. The second-order valence-electron chi connectivity index (χ2n) is 10.8. The number of nitrogens with one attached hydrogen (secondary N) is 2. The maximum Gasteiger partial charge on any atom is 0.227 e. The highest BCUT2D eigenvalue weighted by Gasteiger charge is 2.27. The summed E-state index contributed by atoms with van der Waals surface area (Å²) in [6, 6.07) is 12.0. The van der Waals surface area contributed by atoms with Gasteiger partial charge in [-0.15, -0.1) is 0 Å². The van der Waals surface area contributed by atoms with Crippen LogP contribution in [0.5, 0.6) is 0 Å². The number of rotatable bonds is 7. The summed E-state index contributed by atoms with van der Waals surface area (Å²) in [5, 5.41) is 5.94. The van der Waals surface area contributed by atoms with Crippen LogP contribution in [-0.4, -0.2) is 49.7 Å². The summed E-state index contributed by atoms with van der Waals surface area (Å²) >= 11 is 0. The Morgan fingerprint density at radius 3 is 2.54 bits per heavy atom. The van der Waals surface area contributed by atoms with Crippen molar-refractivity contribution in [3.05, 3.63) is 42.2 Å². The lowest BCUT2D eigenvalue weighted by atomic mass is 9.92. The van der Waals surface area contributed by atoms with Crippen molar-refractivity contribution < 1.29 is 0 Å². The molecule has 4 N–H and O–H groups in total. The molecule has 3 aliphatic rings. The summed E-state index contributed by atoms with van der Waals surface area (Å²) in [6.07, 6.45) is 13.5.